The molecule has 0 spiro atoms. The van der Waals surface area contributed by atoms with Gasteiger partial charge in [-0.2, -0.15) is 5.26 Å². The summed E-state index contributed by atoms with van der Waals surface area (Å²) in [6.07, 6.45) is 3.18. The molecule has 0 bridgehead atoms. The molecule has 2 aromatic rings. The molecule has 1 fully saturated rings. The van der Waals surface area contributed by atoms with Gasteiger partial charge in [-0.1, -0.05) is 11.6 Å². The van der Waals surface area contributed by atoms with Gasteiger partial charge < -0.3 is 20.3 Å². The van der Waals surface area contributed by atoms with Crippen LogP contribution in [0.15, 0.2) is 24.4 Å². The van der Waals surface area contributed by atoms with Gasteiger partial charge in [0.25, 0.3) is 0 Å². The van der Waals surface area contributed by atoms with Crippen molar-refractivity contribution in [1.82, 2.24) is 9.97 Å². The quantitative estimate of drug-likeness (QED) is 0.842. The molecule has 0 aromatic carbocycles. The van der Waals surface area contributed by atoms with E-state index in [2.05, 4.69) is 9.97 Å². The Labute approximate surface area is 151 Å². The van der Waals surface area contributed by atoms with Crippen LogP contribution in [0.25, 0.3) is 11.3 Å². The molecule has 1 unspecified atom stereocenters. The smallest absolute Gasteiger partial charge is 0.145 e. The lowest BCUT2D eigenvalue weighted by Crippen LogP contribution is -2.21. The van der Waals surface area contributed by atoms with Gasteiger partial charge in [0.15, 0.2) is 0 Å². The van der Waals surface area contributed by atoms with Gasteiger partial charge in [-0.3, -0.25) is 0 Å². The summed E-state index contributed by atoms with van der Waals surface area (Å²) < 4.78 is 10.1. The molecule has 2 aromatic heterocycles. The Morgan fingerprint density at radius 3 is 2.84 bits per heavy atom. The average molecular weight is 363 g/mol. The molecule has 3 N–H and O–H groups in total. The molecule has 132 valence electrons. The molecule has 1 atom stereocenters. The Hall–Kier alpha value is -2.40. The number of nitrogens with two attached hydrogens (primary N) is 1. The van der Waals surface area contributed by atoms with E-state index in [-0.39, 0.29) is 11.8 Å². The van der Waals surface area contributed by atoms with Crippen molar-refractivity contribution in [1.29, 1.82) is 5.26 Å². The molecule has 8 heteroatoms. The second kappa shape index (κ2) is 9.18. The zero-order chi connectivity index (χ0) is 18.2. The molecule has 1 aliphatic heterocycles. The minimum atomic E-state index is -0.186. The molecule has 1 saturated heterocycles. The molecule has 1 aliphatic rings. The normalized spacial score (nSPS) is 16.3. The summed E-state index contributed by atoms with van der Waals surface area (Å²) in [5, 5.41) is 18.1. The van der Waals surface area contributed by atoms with Crippen LogP contribution in [0.3, 0.4) is 0 Å². The standard InChI is InChI=1S/C12H9ClN4O.C5H10O2/c1-18-10-3-2-7(5-14)17-12(10)8-4-11(15)16-6-9(8)13;6-5-2-1-3-7-4-5/h2-4,6H,1H3,(H2,15,16);5-6H,1-4H2. The minimum Gasteiger partial charge on any atom is -0.494 e. The third-order valence-electron chi connectivity index (χ3n) is 3.46. The van der Waals surface area contributed by atoms with Crippen molar-refractivity contribution < 1.29 is 14.6 Å². The number of ether oxygens (including phenoxy) is 2. The third-order valence-corrected chi connectivity index (χ3v) is 3.76. The number of hydrogen-bond acceptors (Lipinski definition) is 7. The van der Waals surface area contributed by atoms with E-state index in [1.807, 2.05) is 6.07 Å². The number of anilines is 1. The zero-order valence-corrected chi connectivity index (χ0v) is 14.5. The highest BCUT2D eigenvalue weighted by Gasteiger charge is 2.13. The highest BCUT2D eigenvalue weighted by atomic mass is 35.5. The largest absolute Gasteiger partial charge is 0.494 e. The van der Waals surface area contributed by atoms with Crippen molar-refractivity contribution in [2.24, 2.45) is 0 Å². The average Bonchev–Trinajstić information content (AvgIpc) is 2.64. The molecular weight excluding hydrogens is 344 g/mol. The number of hydrogen-bond donors (Lipinski definition) is 2. The van der Waals surface area contributed by atoms with E-state index in [4.69, 9.17) is 37.2 Å². The fraction of sp³-hybridized carbons (Fsp3) is 0.353. The van der Waals surface area contributed by atoms with Gasteiger partial charge in [0, 0.05) is 18.4 Å². The molecule has 0 amide bonds. The fourth-order valence-electron chi connectivity index (χ4n) is 2.23. The Morgan fingerprint density at radius 1 is 1.48 bits per heavy atom. The molecule has 3 rings (SSSR count). The lowest BCUT2D eigenvalue weighted by molar-refractivity contribution is -0.00535. The van der Waals surface area contributed by atoms with Crippen LogP contribution in [0.1, 0.15) is 18.5 Å². The van der Waals surface area contributed by atoms with Crippen molar-refractivity contribution in [3.63, 3.8) is 0 Å². The number of aromatic nitrogens is 2. The van der Waals surface area contributed by atoms with Crippen LogP contribution in [0.4, 0.5) is 5.82 Å². The molecule has 0 aliphatic carbocycles. The number of nitrogens with zero attached hydrogens (tertiary/aromatic N) is 3. The van der Waals surface area contributed by atoms with Crippen LogP contribution in [-0.2, 0) is 4.74 Å². The van der Waals surface area contributed by atoms with Crippen LogP contribution in [0, 0.1) is 11.3 Å². The van der Waals surface area contributed by atoms with Gasteiger partial charge in [-0.05, 0) is 31.0 Å². The SMILES string of the molecule is COc1ccc(C#N)nc1-c1cc(N)ncc1Cl.OC1CCCOC1. The summed E-state index contributed by atoms with van der Waals surface area (Å²) in [6.45, 7) is 1.37. The Balaban J connectivity index is 0.000000269. The van der Waals surface area contributed by atoms with Gasteiger partial charge >= 0.3 is 0 Å². The van der Waals surface area contributed by atoms with Crippen molar-refractivity contribution >= 4 is 17.4 Å². The highest BCUT2D eigenvalue weighted by Crippen LogP contribution is 2.33. The summed E-state index contributed by atoms with van der Waals surface area (Å²) in [5.41, 5.74) is 6.95. The minimum absolute atomic E-state index is 0.186. The second-order valence-corrected chi connectivity index (χ2v) is 5.73. The predicted molar refractivity (Wildman–Crippen MR) is 94.2 cm³/mol. The van der Waals surface area contributed by atoms with Crippen LogP contribution < -0.4 is 10.5 Å². The van der Waals surface area contributed by atoms with Crippen molar-refractivity contribution in [3.8, 4) is 23.1 Å². The van der Waals surface area contributed by atoms with Gasteiger partial charge in [0.05, 0.1) is 24.8 Å². The molecule has 0 saturated carbocycles. The number of methoxy groups -OCH3 is 1. The number of nitrogen functional groups attached to an aromatic ring is 1. The first kappa shape index (κ1) is 18.9. The van der Waals surface area contributed by atoms with Gasteiger partial charge in [-0.15, -0.1) is 0 Å². The number of rotatable bonds is 2. The van der Waals surface area contributed by atoms with E-state index in [0.717, 1.165) is 19.4 Å². The van der Waals surface area contributed by atoms with E-state index in [9.17, 15) is 0 Å². The maximum absolute atomic E-state index is 8.87. The first-order valence-corrected chi connectivity index (χ1v) is 8.05. The highest BCUT2D eigenvalue weighted by molar-refractivity contribution is 6.33. The number of halogens is 1. The molecule has 3 heterocycles. The third kappa shape index (κ3) is 5.29. The van der Waals surface area contributed by atoms with Crippen LogP contribution in [0.5, 0.6) is 5.75 Å². The number of aliphatic hydroxyl groups excluding tert-OH is 1. The van der Waals surface area contributed by atoms with E-state index in [0.29, 0.717) is 34.5 Å². The molecule has 25 heavy (non-hydrogen) atoms. The van der Waals surface area contributed by atoms with E-state index >= 15 is 0 Å². The number of pyridine rings is 2. The first-order chi connectivity index (χ1) is 12.0. The number of nitriles is 1. The van der Waals surface area contributed by atoms with Crippen molar-refractivity contribution in [2.45, 2.75) is 18.9 Å². The summed E-state index contributed by atoms with van der Waals surface area (Å²) in [5.74, 6) is 0.835. The fourth-order valence-corrected chi connectivity index (χ4v) is 2.42. The van der Waals surface area contributed by atoms with E-state index in [1.165, 1.54) is 13.3 Å². The summed E-state index contributed by atoms with van der Waals surface area (Å²) in [4.78, 5) is 8.06. The van der Waals surface area contributed by atoms with Gasteiger partial charge in [0.2, 0.25) is 0 Å². The zero-order valence-electron chi connectivity index (χ0n) is 13.8. The number of aliphatic hydroxyl groups is 1. The van der Waals surface area contributed by atoms with Crippen LogP contribution in [0.2, 0.25) is 5.02 Å². The second-order valence-electron chi connectivity index (χ2n) is 5.32. The topological polar surface area (TPSA) is 114 Å². The maximum atomic E-state index is 8.87. The first-order valence-electron chi connectivity index (χ1n) is 7.67. The Morgan fingerprint density at radius 2 is 2.28 bits per heavy atom. The lowest BCUT2D eigenvalue weighted by Gasteiger charge is -2.15. The monoisotopic (exact) mass is 362 g/mol. The van der Waals surface area contributed by atoms with Gasteiger partial charge in [-0.25, -0.2) is 9.97 Å². The Bertz CT molecular complexity index is 758. The maximum Gasteiger partial charge on any atom is 0.145 e. The van der Waals surface area contributed by atoms with Crippen molar-refractivity contribution in [3.05, 3.63) is 35.1 Å². The van der Waals surface area contributed by atoms with Gasteiger partial charge in [0.1, 0.15) is 29.0 Å². The van der Waals surface area contributed by atoms with Crippen LogP contribution >= 0.6 is 11.6 Å². The molecule has 0 radical (unpaired) electrons. The predicted octanol–water partition coefficient (Wildman–Crippen LogP) is 2.42. The lowest BCUT2D eigenvalue weighted by atomic mass is 10.1. The summed E-state index contributed by atoms with van der Waals surface area (Å²) >= 11 is 6.06. The van der Waals surface area contributed by atoms with Crippen molar-refractivity contribution in [2.75, 3.05) is 26.1 Å². The molecular formula is C17H19ClN4O3. The summed E-state index contributed by atoms with van der Waals surface area (Å²) in [7, 11) is 1.52. The Kier molecular flexibility index (Phi) is 6.95. The van der Waals surface area contributed by atoms with Crippen LogP contribution in [-0.4, -0.2) is 41.5 Å². The van der Waals surface area contributed by atoms with E-state index in [1.54, 1.807) is 18.2 Å². The summed E-state index contributed by atoms with van der Waals surface area (Å²) in [6, 6.07) is 6.79. The van der Waals surface area contributed by atoms with E-state index < -0.39 is 0 Å². The molecule has 7 nitrogen and oxygen atoms in total.